The van der Waals surface area contributed by atoms with Gasteiger partial charge < -0.3 is 15.0 Å². The molecule has 1 heterocycles. The summed E-state index contributed by atoms with van der Waals surface area (Å²) in [6.45, 7) is 2.13. The second kappa shape index (κ2) is 5.42. The minimum atomic E-state index is -0.0569. The minimum absolute atomic E-state index is 0.0569. The molecule has 3 rings (SSSR count). The molecule has 1 aliphatic rings. The summed E-state index contributed by atoms with van der Waals surface area (Å²) in [7, 11) is 0. The molecule has 6 heteroatoms. The third-order valence-corrected chi connectivity index (χ3v) is 3.55. The molecule has 1 saturated carbocycles. The Morgan fingerprint density at radius 2 is 2.30 bits per heavy atom. The van der Waals surface area contributed by atoms with Gasteiger partial charge in [0.1, 0.15) is 5.75 Å². The summed E-state index contributed by atoms with van der Waals surface area (Å²) in [5, 5.41) is 4.46. The summed E-state index contributed by atoms with van der Waals surface area (Å²) in [5.74, 6) is 2.31. The lowest BCUT2D eigenvalue weighted by atomic mass is 10.1. The van der Waals surface area contributed by atoms with Crippen LogP contribution in [0.3, 0.4) is 0 Å². The summed E-state index contributed by atoms with van der Waals surface area (Å²) >= 11 is 6.16. The molecule has 2 aromatic rings. The van der Waals surface area contributed by atoms with Crippen LogP contribution in [0, 0.1) is 0 Å². The first-order valence-corrected chi connectivity index (χ1v) is 7.01. The number of nitrogens with zero attached hydrogens (tertiary/aromatic N) is 2. The van der Waals surface area contributed by atoms with Crippen molar-refractivity contribution in [1.29, 1.82) is 0 Å². The van der Waals surface area contributed by atoms with Gasteiger partial charge in [-0.3, -0.25) is 0 Å². The van der Waals surface area contributed by atoms with Crippen molar-refractivity contribution in [3.05, 3.63) is 40.5 Å². The molecule has 5 nitrogen and oxygen atoms in total. The number of halogens is 1. The van der Waals surface area contributed by atoms with Gasteiger partial charge in [-0.05, 0) is 37.5 Å². The Morgan fingerprint density at radius 1 is 1.50 bits per heavy atom. The normalized spacial score (nSPS) is 16.1. The Balaban J connectivity index is 1.65. The predicted octanol–water partition coefficient (Wildman–Crippen LogP) is 3.20. The third kappa shape index (κ3) is 2.94. The van der Waals surface area contributed by atoms with Crippen LogP contribution in [0.2, 0.25) is 5.02 Å². The zero-order valence-corrected chi connectivity index (χ0v) is 11.9. The van der Waals surface area contributed by atoms with E-state index in [0.29, 0.717) is 22.6 Å². The highest BCUT2D eigenvalue weighted by Crippen LogP contribution is 2.38. The van der Waals surface area contributed by atoms with Crippen molar-refractivity contribution in [1.82, 2.24) is 10.1 Å². The van der Waals surface area contributed by atoms with Crippen LogP contribution >= 0.6 is 11.6 Å². The highest BCUT2D eigenvalue weighted by Gasteiger charge is 2.28. The van der Waals surface area contributed by atoms with E-state index in [1.807, 2.05) is 19.1 Å². The van der Waals surface area contributed by atoms with Gasteiger partial charge in [0.2, 0.25) is 0 Å². The lowest BCUT2D eigenvalue weighted by Gasteiger charge is -2.09. The fourth-order valence-electron chi connectivity index (χ4n) is 1.89. The molecule has 1 fully saturated rings. The first kappa shape index (κ1) is 13.4. The van der Waals surface area contributed by atoms with Crippen molar-refractivity contribution in [3.8, 4) is 5.75 Å². The van der Waals surface area contributed by atoms with E-state index in [-0.39, 0.29) is 12.6 Å². The topological polar surface area (TPSA) is 74.2 Å². The maximum absolute atomic E-state index is 6.16. The standard InChI is InChI=1S/C14H16ClN3O2/c1-8(16)10-4-5-12(11(15)6-10)19-7-13-17-14(18-20-13)9-2-3-9/h4-6,8-9H,2-3,7,16H2,1H3/t8-/m0/s1. The van der Waals surface area contributed by atoms with Crippen molar-refractivity contribution in [2.24, 2.45) is 5.73 Å². The van der Waals surface area contributed by atoms with E-state index < -0.39 is 0 Å². The van der Waals surface area contributed by atoms with Crippen molar-refractivity contribution in [2.45, 2.75) is 38.3 Å². The van der Waals surface area contributed by atoms with Gasteiger partial charge in [0, 0.05) is 12.0 Å². The lowest BCUT2D eigenvalue weighted by molar-refractivity contribution is 0.242. The number of hydrogen-bond donors (Lipinski definition) is 1. The maximum Gasteiger partial charge on any atom is 0.264 e. The summed E-state index contributed by atoms with van der Waals surface area (Å²) in [6, 6.07) is 5.46. The van der Waals surface area contributed by atoms with Crippen LogP contribution in [0.1, 0.15) is 49.0 Å². The third-order valence-electron chi connectivity index (χ3n) is 3.26. The predicted molar refractivity (Wildman–Crippen MR) is 74.7 cm³/mol. The molecule has 20 heavy (non-hydrogen) atoms. The molecular formula is C14H16ClN3O2. The summed E-state index contributed by atoms with van der Waals surface area (Å²) in [4.78, 5) is 4.30. The Bertz CT molecular complexity index is 608. The monoisotopic (exact) mass is 293 g/mol. The number of aromatic nitrogens is 2. The van der Waals surface area contributed by atoms with E-state index in [4.69, 9.17) is 26.6 Å². The molecule has 0 saturated heterocycles. The molecule has 0 amide bonds. The van der Waals surface area contributed by atoms with Crippen LogP contribution in [0.15, 0.2) is 22.7 Å². The van der Waals surface area contributed by atoms with E-state index >= 15 is 0 Å². The molecule has 1 atom stereocenters. The van der Waals surface area contributed by atoms with Crippen molar-refractivity contribution >= 4 is 11.6 Å². The van der Waals surface area contributed by atoms with Crippen LogP contribution in [-0.2, 0) is 6.61 Å². The fourth-order valence-corrected chi connectivity index (χ4v) is 2.13. The van der Waals surface area contributed by atoms with E-state index in [1.54, 1.807) is 6.07 Å². The van der Waals surface area contributed by atoms with Gasteiger partial charge in [-0.25, -0.2) is 0 Å². The van der Waals surface area contributed by atoms with Gasteiger partial charge in [-0.15, -0.1) is 0 Å². The SMILES string of the molecule is C[C@H](N)c1ccc(OCc2nc(C3CC3)no2)c(Cl)c1. The van der Waals surface area contributed by atoms with Crippen LogP contribution in [0.25, 0.3) is 0 Å². The second-order valence-electron chi connectivity index (χ2n) is 5.09. The number of ether oxygens (including phenoxy) is 1. The zero-order chi connectivity index (χ0) is 14.1. The van der Waals surface area contributed by atoms with Gasteiger partial charge in [0.15, 0.2) is 12.4 Å². The van der Waals surface area contributed by atoms with E-state index in [2.05, 4.69) is 10.1 Å². The molecule has 0 aliphatic heterocycles. The molecule has 0 spiro atoms. The van der Waals surface area contributed by atoms with Crippen LogP contribution in [0.4, 0.5) is 0 Å². The molecule has 1 aromatic heterocycles. The van der Waals surface area contributed by atoms with Gasteiger partial charge in [0.05, 0.1) is 5.02 Å². The summed E-state index contributed by atoms with van der Waals surface area (Å²) < 4.78 is 10.7. The molecule has 0 unspecified atom stereocenters. The maximum atomic E-state index is 6.16. The van der Waals surface area contributed by atoms with Crippen molar-refractivity contribution in [2.75, 3.05) is 0 Å². The smallest absolute Gasteiger partial charge is 0.264 e. The Morgan fingerprint density at radius 3 is 2.95 bits per heavy atom. The second-order valence-corrected chi connectivity index (χ2v) is 5.49. The van der Waals surface area contributed by atoms with Crippen LogP contribution in [0.5, 0.6) is 5.75 Å². The van der Waals surface area contributed by atoms with Crippen LogP contribution in [-0.4, -0.2) is 10.1 Å². The molecular weight excluding hydrogens is 278 g/mol. The first-order chi connectivity index (χ1) is 9.63. The molecule has 0 bridgehead atoms. The first-order valence-electron chi connectivity index (χ1n) is 6.64. The molecule has 2 N–H and O–H groups in total. The molecule has 106 valence electrons. The molecule has 1 aromatic carbocycles. The van der Waals surface area contributed by atoms with Crippen LogP contribution < -0.4 is 10.5 Å². The average Bonchev–Trinajstić information content (AvgIpc) is 3.17. The van der Waals surface area contributed by atoms with Gasteiger partial charge in [-0.1, -0.05) is 22.8 Å². The summed E-state index contributed by atoms with van der Waals surface area (Å²) in [5.41, 5.74) is 6.77. The Hall–Kier alpha value is -1.59. The quantitative estimate of drug-likeness (QED) is 0.916. The van der Waals surface area contributed by atoms with Gasteiger partial charge in [-0.2, -0.15) is 4.98 Å². The lowest BCUT2D eigenvalue weighted by Crippen LogP contribution is -2.05. The number of benzene rings is 1. The van der Waals surface area contributed by atoms with E-state index in [1.165, 1.54) is 0 Å². The highest BCUT2D eigenvalue weighted by atomic mass is 35.5. The van der Waals surface area contributed by atoms with Crippen molar-refractivity contribution < 1.29 is 9.26 Å². The number of nitrogens with two attached hydrogens (primary N) is 1. The molecule has 1 aliphatic carbocycles. The van der Waals surface area contributed by atoms with Gasteiger partial charge in [0.25, 0.3) is 5.89 Å². The van der Waals surface area contributed by atoms with Crippen molar-refractivity contribution in [3.63, 3.8) is 0 Å². The fraction of sp³-hybridized carbons (Fsp3) is 0.429. The Kier molecular flexibility index (Phi) is 3.63. The van der Waals surface area contributed by atoms with E-state index in [9.17, 15) is 0 Å². The Labute approximate surface area is 122 Å². The largest absolute Gasteiger partial charge is 0.482 e. The minimum Gasteiger partial charge on any atom is -0.482 e. The van der Waals surface area contributed by atoms with Gasteiger partial charge >= 0.3 is 0 Å². The summed E-state index contributed by atoms with van der Waals surface area (Å²) in [6.07, 6.45) is 2.29. The number of rotatable bonds is 5. The highest BCUT2D eigenvalue weighted by molar-refractivity contribution is 6.32. The van der Waals surface area contributed by atoms with E-state index in [0.717, 1.165) is 24.2 Å². The number of hydrogen-bond acceptors (Lipinski definition) is 5. The zero-order valence-electron chi connectivity index (χ0n) is 11.2. The molecule has 0 radical (unpaired) electrons. The average molecular weight is 294 g/mol.